The van der Waals surface area contributed by atoms with Gasteiger partial charge < -0.3 is 9.84 Å². The zero-order valence-corrected chi connectivity index (χ0v) is 22.4. The molecule has 1 aromatic carbocycles. The normalized spacial score (nSPS) is 23.4. The van der Waals surface area contributed by atoms with E-state index in [2.05, 4.69) is 14.2 Å². The van der Waals surface area contributed by atoms with Gasteiger partial charge in [-0.15, -0.1) is 11.3 Å². The zero-order valence-electron chi connectivity index (χ0n) is 20.0. The van der Waals surface area contributed by atoms with Gasteiger partial charge in [0.1, 0.15) is 18.2 Å². The van der Waals surface area contributed by atoms with Crippen LogP contribution in [0.1, 0.15) is 56.6 Å². The summed E-state index contributed by atoms with van der Waals surface area (Å²) >= 11 is 7.67. The van der Waals surface area contributed by atoms with Gasteiger partial charge >= 0.3 is 10.3 Å². The monoisotopic (exact) mass is 581 g/mol. The van der Waals surface area contributed by atoms with Crippen LogP contribution in [0.25, 0.3) is 0 Å². The van der Waals surface area contributed by atoms with E-state index in [9.17, 15) is 22.7 Å². The SMILES string of the molecule is NS(=O)(=O)OC[C@H]1C[C@@H](Cc2ncncc2C(=O)c2cc(C3OCCc4ccc(F)cc43)c(Cl)s2)C[C@@H]1O. The molecule has 1 unspecified atom stereocenters. The Morgan fingerprint density at radius 3 is 2.89 bits per heavy atom. The first-order chi connectivity index (χ1) is 18.1. The molecule has 3 heterocycles. The van der Waals surface area contributed by atoms with E-state index in [4.69, 9.17) is 21.5 Å². The van der Waals surface area contributed by atoms with Gasteiger partial charge in [-0.25, -0.2) is 19.5 Å². The number of aromatic nitrogens is 2. The van der Waals surface area contributed by atoms with E-state index in [1.807, 2.05) is 0 Å². The highest BCUT2D eigenvalue weighted by atomic mass is 35.5. The Morgan fingerprint density at radius 1 is 1.29 bits per heavy atom. The van der Waals surface area contributed by atoms with Gasteiger partial charge in [-0.3, -0.25) is 8.98 Å². The van der Waals surface area contributed by atoms with Crippen molar-refractivity contribution in [1.82, 2.24) is 9.97 Å². The number of carbonyl (C=O) groups excluding carboxylic acids is 1. The van der Waals surface area contributed by atoms with Crippen molar-refractivity contribution in [1.29, 1.82) is 0 Å². The lowest BCUT2D eigenvalue weighted by molar-refractivity contribution is 0.0698. The molecule has 202 valence electrons. The molecule has 2 aliphatic rings. The highest BCUT2D eigenvalue weighted by Crippen LogP contribution is 2.41. The number of aliphatic hydroxyl groups is 1. The highest BCUT2D eigenvalue weighted by Gasteiger charge is 2.35. The molecule has 0 saturated heterocycles. The molecular formula is C25H25ClFN3O6S2. The van der Waals surface area contributed by atoms with Gasteiger partial charge in [-0.1, -0.05) is 17.7 Å². The third-order valence-electron chi connectivity index (χ3n) is 6.99. The van der Waals surface area contributed by atoms with Crippen molar-refractivity contribution >= 4 is 39.0 Å². The summed E-state index contributed by atoms with van der Waals surface area (Å²) in [4.78, 5) is 22.3. The molecule has 13 heteroatoms. The molecule has 3 N–H and O–H groups in total. The lowest BCUT2D eigenvalue weighted by atomic mass is 9.93. The molecule has 1 aliphatic heterocycles. The van der Waals surface area contributed by atoms with Gasteiger partial charge in [0.15, 0.2) is 0 Å². The van der Waals surface area contributed by atoms with Crippen molar-refractivity contribution < 1.29 is 31.6 Å². The summed E-state index contributed by atoms with van der Waals surface area (Å²) in [6.07, 6.45) is 3.40. The Hall–Kier alpha value is -2.32. The summed E-state index contributed by atoms with van der Waals surface area (Å²) in [5, 5.41) is 15.3. The number of rotatable bonds is 8. The Kier molecular flexibility index (Phi) is 7.92. The Bertz CT molecular complexity index is 1470. The van der Waals surface area contributed by atoms with Crippen molar-refractivity contribution in [2.75, 3.05) is 13.2 Å². The number of ether oxygens (including phenoxy) is 1. The maximum Gasteiger partial charge on any atom is 0.333 e. The summed E-state index contributed by atoms with van der Waals surface area (Å²) < 4.78 is 47.2. The second-order valence-corrected chi connectivity index (χ2v) is 12.4. The number of aliphatic hydroxyl groups excluding tert-OH is 1. The molecule has 2 aromatic heterocycles. The van der Waals surface area contributed by atoms with Crippen molar-refractivity contribution in [3.8, 4) is 0 Å². The average Bonchev–Trinajstić information content (AvgIpc) is 3.43. The fraction of sp³-hybridized carbons (Fsp3) is 0.400. The van der Waals surface area contributed by atoms with E-state index in [0.717, 1.165) is 16.9 Å². The fourth-order valence-corrected chi connectivity index (χ4v) is 6.83. The van der Waals surface area contributed by atoms with Gasteiger partial charge in [0.2, 0.25) is 5.78 Å². The molecule has 1 saturated carbocycles. The first-order valence-electron chi connectivity index (χ1n) is 12.0. The predicted molar refractivity (Wildman–Crippen MR) is 138 cm³/mol. The second kappa shape index (κ2) is 11.0. The molecule has 9 nitrogen and oxygen atoms in total. The Balaban J connectivity index is 1.35. The van der Waals surface area contributed by atoms with Crippen LogP contribution in [0.4, 0.5) is 4.39 Å². The largest absolute Gasteiger partial charge is 0.393 e. The van der Waals surface area contributed by atoms with E-state index in [0.29, 0.717) is 63.9 Å². The first-order valence-corrected chi connectivity index (χ1v) is 14.6. The molecule has 0 amide bonds. The molecule has 4 atom stereocenters. The van der Waals surface area contributed by atoms with Crippen molar-refractivity contribution in [2.45, 2.75) is 37.9 Å². The third-order valence-corrected chi connectivity index (χ3v) is 8.84. The smallest absolute Gasteiger partial charge is 0.333 e. The van der Waals surface area contributed by atoms with E-state index in [1.54, 1.807) is 12.1 Å². The molecule has 38 heavy (non-hydrogen) atoms. The number of carbonyl (C=O) groups is 1. The maximum absolute atomic E-state index is 14.0. The van der Waals surface area contributed by atoms with Crippen LogP contribution in [-0.2, 0) is 32.1 Å². The minimum Gasteiger partial charge on any atom is -0.393 e. The number of benzene rings is 1. The quantitative estimate of drug-likeness (QED) is 0.386. The van der Waals surface area contributed by atoms with Gasteiger partial charge in [-0.2, -0.15) is 8.42 Å². The molecule has 1 aliphatic carbocycles. The van der Waals surface area contributed by atoms with Crippen LogP contribution in [0.15, 0.2) is 36.8 Å². The lowest BCUT2D eigenvalue weighted by Gasteiger charge is -2.26. The van der Waals surface area contributed by atoms with E-state index >= 15 is 0 Å². The molecule has 3 aromatic rings. The number of hydrogen-bond donors (Lipinski definition) is 2. The topological polar surface area (TPSA) is 142 Å². The predicted octanol–water partition coefficient (Wildman–Crippen LogP) is 3.37. The highest BCUT2D eigenvalue weighted by molar-refractivity contribution is 7.84. The van der Waals surface area contributed by atoms with Crippen molar-refractivity contribution in [3.63, 3.8) is 0 Å². The summed E-state index contributed by atoms with van der Waals surface area (Å²) in [6.45, 7) is 0.241. The average molecular weight is 582 g/mol. The van der Waals surface area contributed by atoms with Crippen molar-refractivity contribution in [2.24, 2.45) is 17.0 Å². The van der Waals surface area contributed by atoms with Crippen molar-refractivity contribution in [3.05, 3.63) is 79.8 Å². The molecule has 0 bridgehead atoms. The second-order valence-electron chi connectivity index (χ2n) is 9.54. The zero-order chi connectivity index (χ0) is 27.0. The van der Waals surface area contributed by atoms with Crippen LogP contribution in [0.3, 0.4) is 0 Å². The number of hydrogen-bond acceptors (Lipinski definition) is 9. The fourth-order valence-electron chi connectivity index (χ4n) is 5.20. The standard InChI is InChI=1S/C25H25ClFN3O6S2/c26-25-18(24-17-8-16(27)2-1-14(17)3-4-35-24)9-22(37-25)23(32)19-10-29-12-30-20(19)6-13-5-15(21(31)7-13)11-36-38(28,33)34/h1-2,8-10,12-13,15,21,24,31H,3-7,11H2,(H2,28,33,34)/t13-,15+,21-,24?/m0/s1. The number of nitrogens with zero attached hydrogens (tertiary/aromatic N) is 2. The number of ketones is 1. The van der Waals surface area contributed by atoms with E-state index < -0.39 is 28.4 Å². The minimum absolute atomic E-state index is 0.0509. The number of halogens is 2. The van der Waals surface area contributed by atoms with Crippen LogP contribution in [-0.4, -0.2) is 48.6 Å². The van der Waals surface area contributed by atoms with Crippen LogP contribution in [0, 0.1) is 17.7 Å². The van der Waals surface area contributed by atoms with Crippen LogP contribution >= 0.6 is 22.9 Å². The molecule has 0 radical (unpaired) electrons. The van der Waals surface area contributed by atoms with Crippen LogP contribution in [0.2, 0.25) is 4.34 Å². The summed E-state index contributed by atoms with van der Waals surface area (Å²) in [6, 6.07) is 6.28. The van der Waals surface area contributed by atoms with Gasteiger partial charge in [0, 0.05) is 17.7 Å². The number of thiophene rings is 1. The van der Waals surface area contributed by atoms with Crippen LogP contribution in [0.5, 0.6) is 0 Å². The Morgan fingerprint density at radius 2 is 2.11 bits per heavy atom. The third kappa shape index (κ3) is 5.96. The molecule has 5 rings (SSSR count). The lowest BCUT2D eigenvalue weighted by Crippen LogP contribution is -2.24. The van der Waals surface area contributed by atoms with Crippen LogP contribution < -0.4 is 5.14 Å². The number of nitrogens with two attached hydrogens (primary N) is 1. The summed E-state index contributed by atoms with van der Waals surface area (Å²) in [7, 11) is -4.10. The maximum atomic E-state index is 14.0. The molecular weight excluding hydrogens is 557 g/mol. The molecule has 1 fully saturated rings. The minimum atomic E-state index is -4.10. The Labute approximate surface area is 228 Å². The summed E-state index contributed by atoms with van der Waals surface area (Å²) in [5.74, 6) is -1.13. The van der Waals surface area contributed by atoms with E-state index in [1.165, 1.54) is 24.7 Å². The van der Waals surface area contributed by atoms with E-state index in [-0.39, 0.29) is 24.1 Å². The molecule has 0 spiro atoms. The van der Waals surface area contributed by atoms with Gasteiger partial charge in [-0.05, 0) is 60.9 Å². The van der Waals surface area contributed by atoms with Gasteiger partial charge in [0.05, 0.1) is 39.8 Å². The first kappa shape index (κ1) is 27.3. The summed E-state index contributed by atoms with van der Waals surface area (Å²) in [5.41, 5.74) is 3.10. The van der Waals surface area contributed by atoms with Gasteiger partial charge in [0.25, 0.3) is 0 Å². The number of fused-ring (bicyclic) bond motifs is 1.